The number of hydrogen-bond donors (Lipinski definition) is 7. The summed E-state index contributed by atoms with van der Waals surface area (Å²) in [6, 6.07) is -4.03. The van der Waals surface area contributed by atoms with E-state index in [-0.39, 0.29) is 12.3 Å². The first-order valence-electron chi connectivity index (χ1n) is 8.15. The quantitative estimate of drug-likeness (QED) is 0.197. The molecular formula is C15H28N4O7. The van der Waals surface area contributed by atoms with Crippen LogP contribution in [0.3, 0.4) is 0 Å². The van der Waals surface area contributed by atoms with Crippen molar-refractivity contribution in [3.63, 3.8) is 0 Å². The average molecular weight is 376 g/mol. The zero-order valence-corrected chi connectivity index (χ0v) is 15.1. The van der Waals surface area contributed by atoms with Gasteiger partial charge in [0.15, 0.2) is 0 Å². The molecule has 0 aromatic rings. The van der Waals surface area contributed by atoms with Crippen LogP contribution in [0.25, 0.3) is 0 Å². The van der Waals surface area contributed by atoms with Crippen LogP contribution in [0.1, 0.15) is 27.2 Å². The predicted molar refractivity (Wildman–Crippen MR) is 90.7 cm³/mol. The Hall–Kier alpha value is -2.24. The highest BCUT2D eigenvalue weighted by atomic mass is 16.4. The van der Waals surface area contributed by atoms with Gasteiger partial charge in [0.1, 0.15) is 18.1 Å². The fourth-order valence-electron chi connectivity index (χ4n) is 2.06. The molecule has 0 saturated heterocycles. The highest BCUT2D eigenvalue weighted by molar-refractivity contribution is 5.93. The smallest absolute Gasteiger partial charge is 0.326 e. The Morgan fingerprint density at radius 2 is 1.54 bits per heavy atom. The minimum absolute atomic E-state index is 0.0127. The number of hydrogen-bond acceptors (Lipinski definition) is 7. The van der Waals surface area contributed by atoms with Gasteiger partial charge in [0.25, 0.3) is 0 Å². The molecule has 0 bridgehead atoms. The topological polar surface area (TPSA) is 191 Å². The molecular weight excluding hydrogens is 348 g/mol. The molecule has 11 heteroatoms. The van der Waals surface area contributed by atoms with Gasteiger partial charge in [-0.2, -0.15) is 0 Å². The third-order valence-corrected chi connectivity index (χ3v) is 3.40. The second-order valence-corrected chi connectivity index (χ2v) is 6.26. The number of aliphatic hydroxyl groups excluding tert-OH is 2. The second-order valence-electron chi connectivity index (χ2n) is 6.26. The summed E-state index contributed by atoms with van der Waals surface area (Å²) in [6.45, 7) is 3.63. The molecule has 0 saturated carbocycles. The average Bonchev–Trinajstić information content (AvgIpc) is 2.55. The first-order valence-corrected chi connectivity index (χ1v) is 8.15. The van der Waals surface area contributed by atoms with Crippen molar-refractivity contribution in [2.45, 2.75) is 51.4 Å². The number of nitrogens with two attached hydrogens (primary N) is 1. The maximum absolute atomic E-state index is 12.3. The summed E-state index contributed by atoms with van der Waals surface area (Å²) in [4.78, 5) is 46.9. The minimum Gasteiger partial charge on any atom is -0.480 e. The minimum atomic E-state index is -1.47. The fraction of sp³-hybridized carbons (Fsp3) is 0.733. The van der Waals surface area contributed by atoms with Crippen LogP contribution >= 0.6 is 0 Å². The van der Waals surface area contributed by atoms with Crippen LogP contribution < -0.4 is 21.7 Å². The Kier molecular flexibility index (Phi) is 10.4. The van der Waals surface area contributed by atoms with Crippen LogP contribution in [0.4, 0.5) is 0 Å². The van der Waals surface area contributed by atoms with E-state index in [4.69, 9.17) is 10.8 Å². The van der Waals surface area contributed by atoms with Crippen LogP contribution in [0.2, 0.25) is 0 Å². The van der Waals surface area contributed by atoms with Crippen molar-refractivity contribution in [2.75, 3.05) is 13.2 Å². The largest absolute Gasteiger partial charge is 0.480 e. The Bertz CT molecular complexity index is 510. The number of amides is 3. The van der Waals surface area contributed by atoms with Gasteiger partial charge in [-0.05, 0) is 19.3 Å². The summed E-state index contributed by atoms with van der Waals surface area (Å²) in [6.07, 6.45) is -1.19. The van der Waals surface area contributed by atoms with E-state index >= 15 is 0 Å². The molecule has 0 aliphatic carbocycles. The number of carbonyl (C=O) groups excluding carboxylic acids is 3. The van der Waals surface area contributed by atoms with Gasteiger partial charge >= 0.3 is 5.97 Å². The van der Waals surface area contributed by atoms with Gasteiger partial charge in [0.05, 0.1) is 19.3 Å². The number of carboxylic acids is 1. The molecule has 8 N–H and O–H groups in total. The van der Waals surface area contributed by atoms with E-state index in [9.17, 15) is 29.4 Å². The molecule has 0 aliphatic heterocycles. The molecule has 4 unspecified atom stereocenters. The summed E-state index contributed by atoms with van der Waals surface area (Å²) in [5.41, 5.74) is 5.11. The number of nitrogens with one attached hydrogen (secondary N) is 3. The van der Waals surface area contributed by atoms with Crippen molar-refractivity contribution in [1.82, 2.24) is 16.0 Å². The summed E-state index contributed by atoms with van der Waals surface area (Å²) in [7, 11) is 0. The molecule has 150 valence electrons. The van der Waals surface area contributed by atoms with Gasteiger partial charge in [-0.1, -0.05) is 13.8 Å². The molecule has 0 aromatic carbocycles. The summed E-state index contributed by atoms with van der Waals surface area (Å²) in [5.74, 6) is -3.78. The van der Waals surface area contributed by atoms with Gasteiger partial charge in [-0.25, -0.2) is 4.79 Å². The van der Waals surface area contributed by atoms with Crippen LogP contribution in [0.15, 0.2) is 0 Å². The summed E-state index contributed by atoms with van der Waals surface area (Å²) >= 11 is 0. The van der Waals surface area contributed by atoms with E-state index in [0.717, 1.165) is 0 Å². The maximum atomic E-state index is 12.3. The van der Waals surface area contributed by atoms with Gasteiger partial charge < -0.3 is 37.0 Å². The number of carbonyl (C=O) groups is 4. The fourth-order valence-corrected chi connectivity index (χ4v) is 2.06. The van der Waals surface area contributed by atoms with Gasteiger partial charge in [-0.15, -0.1) is 0 Å². The number of aliphatic carboxylic acids is 1. The van der Waals surface area contributed by atoms with Crippen LogP contribution in [0, 0.1) is 5.92 Å². The Morgan fingerprint density at radius 3 is 1.92 bits per heavy atom. The lowest BCUT2D eigenvalue weighted by molar-refractivity contribution is -0.143. The lowest BCUT2D eigenvalue weighted by Gasteiger charge is -2.25. The van der Waals surface area contributed by atoms with Crippen LogP contribution in [0.5, 0.6) is 0 Å². The Labute approximate surface area is 151 Å². The van der Waals surface area contributed by atoms with E-state index in [2.05, 4.69) is 16.0 Å². The summed E-state index contributed by atoms with van der Waals surface area (Å²) < 4.78 is 0. The molecule has 0 aromatic heterocycles. The normalized spacial score (nSPS) is 15.5. The van der Waals surface area contributed by atoms with Gasteiger partial charge in [0, 0.05) is 0 Å². The summed E-state index contributed by atoms with van der Waals surface area (Å²) in [5, 5.41) is 34.7. The van der Waals surface area contributed by atoms with Crippen molar-refractivity contribution >= 4 is 23.7 Å². The molecule has 3 amide bonds. The molecule has 4 atom stereocenters. The van der Waals surface area contributed by atoms with E-state index < -0.39 is 61.1 Å². The number of aliphatic hydroxyl groups is 2. The van der Waals surface area contributed by atoms with Crippen molar-refractivity contribution in [3.8, 4) is 0 Å². The van der Waals surface area contributed by atoms with E-state index in [1.165, 1.54) is 6.92 Å². The molecule has 0 fully saturated rings. The van der Waals surface area contributed by atoms with Gasteiger partial charge in [0.2, 0.25) is 17.7 Å². The number of carboxylic acid groups (broad SMARTS) is 1. The zero-order valence-electron chi connectivity index (χ0n) is 15.1. The van der Waals surface area contributed by atoms with E-state index in [1.54, 1.807) is 13.8 Å². The van der Waals surface area contributed by atoms with Crippen molar-refractivity contribution in [2.24, 2.45) is 11.7 Å². The number of rotatable bonds is 11. The van der Waals surface area contributed by atoms with Gasteiger partial charge in [-0.3, -0.25) is 14.4 Å². The lowest BCUT2D eigenvalue weighted by Crippen LogP contribution is -2.60. The van der Waals surface area contributed by atoms with Crippen LogP contribution in [-0.4, -0.2) is 76.4 Å². The zero-order chi connectivity index (χ0) is 20.4. The Morgan fingerprint density at radius 1 is 0.962 bits per heavy atom. The highest BCUT2D eigenvalue weighted by Crippen LogP contribution is 2.06. The SMILES string of the molecule is CC(C)CC(NC(=O)C(NC(=O)C(CO)NC(=O)CN)C(C)O)C(=O)O. The molecule has 0 aliphatic rings. The third kappa shape index (κ3) is 8.23. The molecule has 0 spiro atoms. The monoisotopic (exact) mass is 376 g/mol. The first kappa shape index (κ1) is 23.8. The predicted octanol–water partition coefficient (Wildman–Crippen LogP) is -3.10. The van der Waals surface area contributed by atoms with Crippen molar-refractivity contribution in [1.29, 1.82) is 0 Å². The molecule has 0 heterocycles. The van der Waals surface area contributed by atoms with E-state index in [0.29, 0.717) is 0 Å². The highest BCUT2D eigenvalue weighted by Gasteiger charge is 2.32. The van der Waals surface area contributed by atoms with Crippen molar-refractivity contribution in [3.05, 3.63) is 0 Å². The van der Waals surface area contributed by atoms with Crippen LogP contribution in [-0.2, 0) is 19.2 Å². The third-order valence-electron chi connectivity index (χ3n) is 3.40. The maximum Gasteiger partial charge on any atom is 0.326 e. The molecule has 0 radical (unpaired) electrons. The molecule has 26 heavy (non-hydrogen) atoms. The first-order chi connectivity index (χ1) is 12.0. The molecule has 0 rings (SSSR count). The second kappa shape index (κ2) is 11.4. The van der Waals surface area contributed by atoms with Crippen molar-refractivity contribution < 1.29 is 34.5 Å². The van der Waals surface area contributed by atoms with E-state index in [1.807, 2.05) is 0 Å². The Balaban J connectivity index is 5.10. The standard InChI is InChI=1S/C15H28N4O7/c1-7(2)4-9(15(25)26)18-14(24)12(8(3)21)19-13(23)10(6-20)17-11(22)5-16/h7-10,12,20-21H,4-6,16H2,1-3H3,(H,17,22)(H,18,24)(H,19,23)(H,25,26). The lowest BCUT2D eigenvalue weighted by atomic mass is 10.0. The molecule has 11 nitrogen and oxygen atoms in total.